The van der Waals surface area contributed by atoms with Crippen molar-refractivity contribution in [3.63, 3.8) is 0 Å². The molecule has 0 saturated carbocycles. The second-order valence-electron chi connectivity index (χ2n) is 5.75. The van der Waals surface area contributed by atoms with E-state index in [9.17, 15) is 14.4 Å². The molecule has 1 atom stereocenters. The minimum Gasteiger partial charge on any atom is -0.469 e. The molecule has 0 amide bonds. The minimum atomic E-state index is -1.27. The van der Waals surface area contributed by atoms with Crippen molar-refractivity contribution in [3.8, 4) is 0 Å². The predicted molar refractivity (Wildman–Crippen MR) is 84.8 cm³/mol. The Hall–Kier alpha value is -2.83. The summed E-state index contributed by atoms with van der Waals surface area (Å²) in [6.07, 6.45) is 1.23. The second kappa shape index (κ2) is 6.74. The highest BCUT2D eigenvalue weighted by Gasteiger charge is 2.38. The molecule has 2 rings (SSSR count). The smallest absolute Gasteiger partial charge is 0.350 e. The summed E-state index contributed by atoms with van der Waals surface area (Å²) >= 11 is 0. The number of nitrogens with one attached hydrogen (secondary N) is 1. The summed E-state index contributed by atoms with van der Waals surface area (Å²) in [6.45, 7) is 4.70. The second-order valence-corrected chi connectivity index (χ2v) is 5.75. The summed E-state index contributed by atoms with van der Waals surface area (Å²) in [7, 11) is 1.34. The monoisotopic (exact) mass is 333 g/mol. The number of methoxy groups -OCH3 is 1. The molecule has 1 N–H and O–H groups in total. The van der Waals surface area contributed by atoms with Crippen LogP contribution in [0.1, 0.15) is 32.3 Å². The van der Waals surface area contributed by atoms with E-state index in [-0.39, 0.29) is 17.5 Å². The molecule has 128 valence electrons. The van der Waals surface area contributed by atoms with Gasteiger partial charge in [-0.3, -0.25) is 4.79 Å². The van der Waals surface area contributed by atoms with E-state index in [1.54, 1.807) is 31.2 Å². The number of anilines is 1. The van der Waals surface area contributed by atoms with Crippen molar-refractivity contribution in [1.82, 2.24) is 0 Å². The number of ether oxygens (including phenoxy) is 3. The van der Waals surface area contributed by atoms with Gasteiger partial charge in [-0.05, 0) is 24.6 Å². The number of rotatable bonds is 4. The van der Waals surface area contributed by atoms with Gasteiger partial charge in [0.05, 0.1) is 13.0 Å². The lowest BCUT2D eigenvalue weighted by Crippen LogP contribution is -2.42. The first-order chi connectivity index (χ1) is 11.2. The number of carbonyl (C=O) groups is 3. The zero-order chi connectivity index (χ0) is 17.9. The summed E-state index contributed by atoms with van der Waals surface area (Å²) in [5.74, 6) is -3.47. The van der Waals surface area contributed by atoms with Gasteiger partial charge in [-0.15, -0.1) is 0 Å². The topological polar surface area (TPSA) is 90.9 Å². The molecule has 1 aromatic carbocycles. The van der Waals surface area contributed by atoms with Crippen LogP contribution in [-0.2, 0) is 28.6 Å². The Bertz CT molecular complexity index is 668. The van der Waals surface area contributed by atoms with Crippen molar-refractivity contribution in [1.29, 1.82) is 0 Å². The van der Waals surface area contributed by atoms with Crippen LogP contribution < -0.4 is 5.32 Å². The number of cyclic esters (lactones) is 2. The van der Waals surface area contributed by atoms with E-state index < -0.39 is 17.7 Å². The third kappa shape index (κ3) is 3.92. The molecule has 1 unspecified atom stereocenters. The van der Waals surface area contributed by atoms with E-state index in [1.165, 1.54) is 27.2 Å². The lowest BCUT2D eigenvalue weighted by molar-refractivity contribution is -0.222. The SMILES string of the molecule is COC(=O)C(C)c1ccc(NC=C2C(=O)OC(C)(C)OC2=O)cc1. The Morgan fingerprint density at radius 3 is 2.21 bits per heavy atom. The highest BCUT2D eigenvalue weighted by Crippen LogP contribution is 2.23. The van der Waals surface area contributed by atoms with Crippen LogP contribution in [0.15, 0.2) is 36.0 Å². The maximum Gasteiger partial charge on any atom is 0.350 e. The third-order valence-corrected chi connectivity index (χ3v) is 3.47. The minimum absolute atomic E-state index is 0.221. The molecule has 0 bridgehead atoms. The molecule has 7 nitrogen and oxygen atoms in total. The van der Waals surface area contributed by atoms with Gasteiger partial charge in [0.1, 0.15) is 0 Å². The average Bonchev–Trinajstić information content (AvgIpc) is 2.52. The Morgan fingerprint density at radius 1 is 1.17 bits per heavy atom. The van der Waals surface area contributed by atoms with Crippen molar-refractivity contribution in [2.75, 3.05) is 12.4 Å². The van der Waals surface area contributed by atoms with Gasteiger partial charge in [0.2, 0.25) is 0 Å². The molecular weight excluding hydrogens is 314 g/mol. The van der Waals surface area contributed by atoms with Crippen molar-refractivity contribution >= 4 is 23.6 Å². The van der Waals surface area contributed by atoms with Gasteiger partial charge >= 0.3 is 17.9 Å². The lowest BCUT2D eigenvalue weighted by atomic mass is 10.0. The average molecular weight is 333 g/mol. The Balaban J connectivity index is 2.08. The van der Waals surface area contributed by atoms with Crippen molar-refractivity contribution < 1.29 is 28.6 Å². The maximum atomic E-state index is 11.8. The van der Waals surface area contributed by atoms with Gasteiger partial charge < -0.3 is 19.5 Å². The molecule has 24 heavy (non-hydrogen) atoms. The van der Waals surface area contributed by atoms with Crippen molar-refractivity contribution in [3.05, 3.63) is 41.6 Å². The van der Waals surface area contributed by atoms with Crippen LogP contribution in [0.4, 0.5) is 5.69 Å². The van der Waals surface area contributed by atoms with Crippen LogP contribution in [-0.4, -0.2) is 30.8 Å². The van der Waals surface area contributed by atoms with Gasteiger partial charge in [-0.2, -0.15) is 0 Å². The molecule has 0 aliphatic carbocycles. The van der Waals surface area contributed by atoms with Crippen LogP contribution in [0, 0.1) is 0 Å². The molecule has 0 aromatic heterocycles. The van der Waals surface area contributed by atoms with Gasteiger partial charge in [0, 0.05) is 25.7 Å². The molecular formula is C17H19NO6. The first-order valence-corrected chi connectivity index (χ1v) is 7.34. The summed E-state index contributed by atoms with van der Waals surface area (Å²) in [6, 6.07) is 6.94. The quantitative estimate of drug-likeness (QED) is 0.512. The van der Waals surface area contributed by atoms with Crippen LogP contribution in [0.25, 0.3) is 0 Å². The maximum absolute atomic E-state index is 11.8. The largest absolute Gasteiger partial charge is 0.469 e. The highest BCUT2D eigenvalue weighted by atomic mass is 16.7. The summed E-state index contributed by atoms with van der Waals surface area (Å²) in [4.78, 5) is 35.1. The van der Waals surface area contributed by atoms with Crippen LogP contribution >= 0.6 is 0 Å². The first-order valence-electron chi connectivity index (χ1n) is 7.34. The molecule has 1 saturated heterocycles. The van der Waals surface area contributed by atoms with Crippen LogP contribution in [0.3, 0.4) is 0 Å². The van der Waals surface area contributed by atoms with E-state index in [1.807, 2.05) is 0 Å². The fourth-order valence-corrected chi connectivity index (χ4v) is 2.11. The zero-order valence-corrected chi connectivity index (χ0v) is 13.9. The Morgan fingerprint density at radius 2 is 1.71 bits per heavy atom. The lowest BCUT2D eigenvalue weighted by Gasteiger charge is -2.29. The molecule has 0 radical (unpaired) electrons. The van der Waals surface area contributed by atoms with E-state index >= 15 is 0 Å². The number of carbonyl (C=O) groups excluding carboxylic acids is 3. The molecule has 7 heteroatoms. The number of hydrogen-bond donors (Lipinski definition) is 1. The molecule has 0 spiro atoms. The van der Waals surface area contributed by atoms with Gasteiger partial charge in [0.25, 0.3) is 5.79 Å². The number of benzene rings is 1. The Labute approximate surface area is 139 Å². The van der Waals surface area contributed by atoms with Gasteiger partial charge in [0.15, 0.2) is 5.57 Å². The molecule has 1 aliphatic rings. The van der Waals surface area contributed by atoms with Crippen molar-refractivity contribution in [2.45, 2.75) is 32.5 Å². The zero-order valence-electron chi connectivity index (χ0n) is 13.9. The molecule has 1 fully saturated rings. The number of esters is 3. The van der Waals surface area contributed by atoms with Gasteiger partial charge in [-0.1, -0.05) is 12.1 Å². The summed E-state index contributed by atoms with van der Waals surface area (Å²) in [5.41, 5.74) is 1.20. The molecule has 1 aromatic rings. The molecule has 1 aliphatic heterocycles. The fourth-order valence-electron chi connectivity index (χ4n) is 2.11. The van der Waals surface area contributed by atoms with E-state index in [0.717, 1.165) is 5.56 Å². The molecule has 1 heterocycles. The number of hydrogen-bond acceptors (Lipinski definition) is 7. The van der Waals surface area contributed by atoms with E-state index in [4.69, 9.17) is 14.2 Å². The van der Waals surface area contributed by atoms with Crippen LogP contribution in [0.2, 0.25) is 0 Å². The Kier molecular flexibility index (Phi) is 4.92. The van der Waals surface area contributed by atoms with Gasteiger partial charge in [-0.25, -0.2) is 9.59 Å². The standard InChI is InChI=1S/C17H19NO6/c1-10(14(19)22-4)11-5-7-12(8-6-11)18-9-13-15(20)23-17(2,3)24-16(13)21/h5-10,18H,1-4H3. The van der Waals surface area contributed by atoms with Crippen molar-refractivity contribution in [2.24, 2.45) is 0 Å². The van der Waals surface area contributed by atoms with Crippen LogP contribution in [0.5, 0.6) is 0 Å². The summed E-state index contributed by atoms with van der Waals surface area (Å²) < 4.78 is 14.7. The summed E-state index contributed by atoms with van der Waals surface area (Å²) in [5, 5.41) is 2.83. The first kappa shape index (κ1) is 17.5. The third-order valence-electron chi connectivity index (χ3n) is 3.47. The predicted octanol–water partition coefficient (Wildman–Crippen LogP) is 2.09. The van der Waals surface area contributed by atoms with E-state index in [0.29, 0.717) is 5.69 Å². The fraction of sp³-hybridized carbons (Fsp3) is 0.353. The van der Waals surface area contributed by atoms with E-state index in [2.05, 4.69) is 5.32 Å². The normalized spacial score (nSPS) is 17.4. The highest BCUT2D eigenvalue weighted by molar-refractivity contribution is 6.15.